The minimum Gasteiger partial charge on any atom is -0.496 e. The molecule has 0 radical (unpaired) electrons. The molecule has 30 heavy (non-hydrogen) atoms. The van der Waals surface area contributed by atoms with Gasteiger partial charge in [-0.2, -0.15) is 5.26 Å². The van der Waals surface area contributed by atoms with Crippen LogP contribution in [0.4, 0.5) is 0 Å². The summed E-state index contributed by atoms with van der Waals surface area (Å²) in [6.07, 6.45) is 1.73. The zero-order valence-electron chi connectivity index (χ0n) is 17.0. The molecule has 0 amide bonds. The summed E-state index contributed by atoms with van der Waals surface area (Å²) in [6.45, 7) is 1.85. The Labute approximate surface area is 175 Å². The van der Waals surface area contributed by atoms with Gasteiger partial charge in [-0.3, -0.25) is 0 Å². The van der Waals surface area contributed by atoms with Gasteiger partial charge in [0, 0.05) is 5.56 Å². The average molecular weight is 399 g/mol. The van der Waals surface area contributed by atoms with Crippen molar-refractivity contribution in [2.75, 3.05) is 14.2 Å². The molecule has 0 bridgehead atoms. The molecule has 0 saturated heterocycles. The second-order valence-electron chi connectivity index (χ2n) is 6.48. The van der Waals surface area contributed by atoms with E-state index in [0.717, 1.165) is 11.1 Å². The predicted octanol–water partition coefficient (Wildman–Crippen LogP) is 5.30. The van der Waals surface area contributed by atoms with Crippen LogP contribution in [0.2, 0.25) is 0 Å². The lowest BCUT2D eigenvalue weighted by Gasteiger charge is -2.11. The normalized spacial score (nSPS) is 10.8. The number of allylic oxidation sites excluding steroid dienone is 1. The summed E-state index contributed by atoms with van der Waals surface area (Å²) in [6, 6.07) is 21.9. The maximum absolute atomic E-state index is 12.5. The molecule has 3 aromatic rings. The van der Waals surface area contributed by atoms with E-state index in [1.165, 1.54) is 7.11 Å². The van der Waals surface area contributed by atoms with Crippen molar-refractivity contribution in [2.45, 2.75) is 6.92 Å². The Morgan fingerprint density at radius 2 is 1.53 bits per heavy atom. The molecule has 0 N–H and O–H groups in total. The standard InChI is InChI=1S/C25H21NO4/c1-17-8-4-5-9-20(17)25(27)30-23-13-12-18(15-24(23)29-3)14-19(16-26)21-10-6-7-11-22(21)28-2/h4-15H,1-3H3/b19-14-. The fraction of sp³-hybridized carbons (Fsp3) is 0.120. The van der Waals surface area contributed by atoms with Gasteiger partial charge in [0.2, 0.25) is 0 Å². The van der Waals surface area contributed by atoms with Crippen LogP contribution in [-0.2, 0) is 0 Å². The third kappa shape index (κ3) is 4.50. The van der Waals surface area contributed by atoms with Gasteiger partial charge < -0.3 is 14.2 Å². The molecule has 0 spiro atoms. The number of nitriles is 1. The third-order valence-corrected chi connectivity index (χ3v) is 4.58. The number of ether oxygens (including phenoxy) is 3. The van der Waals surface area contributed by atoms with Crippen LogP contribution in [0.25, 0.3) is 11.6 Å². The number of hydrogen-bond acceptors (Lipinski definition) is 5. The summed E-state index contributed by atoms with van der Waals surface area (Å²) in [7, 11) is 3.06. The molecule has 0 heterocycles. The molecule has 0 fully saturated rings. The van der Waals surface area contributed by atoms with E-state index in [-0.39, 0.29) is 0 Å². The second kappa shape index (κ2) is 9.44. The molecule has 5 heteroatoms. The molecule has 150 valence electrons. The highest BCUT2D eigenvalue weighted by Gasteiger charge is 2.15. The monoisotopic (exact) mass is 399 g/mol. The summed E-state index contributed by atoms with van der Waals surface area (Å²) < 4.78 is 16.3. The smallest absolute Gasteiger partial charge is 0.343 e. The van der Waals surface area contributed by atoms with Gasteiger partial charge in [-0.1, -0.05) is 36.4 Å². The molecule has 0 aliphatic carbocycles. The number of carbonyl (C=O) groups is 1. The van der Waals surface area contributed by atoms with Gasteiger partial charge >= 0.3 is 5.97 Å². The van der Waals surface area contributed by atoms with E-state index in [0.29, 0.717) is 33.9 Å². The molecule has 0 aliphatic heterocycles. The first-order valence-corrected chi connectivity index (χ1v) is 9.28. The summed E-state index contributed by atoms with van der Waals surface area (Å²) in [5.41, 5.74) is 3.18. The predicted molar refractivity (Wildman–Crippen MR) is 116 cm³/mol. The van der Waals surface area contributed by atoms with Gasteiger partial charge in [0.25, 0.3) is 0 Å². The van der Waals surface area contributed by atoms with Crippen LogP contribution in [0.15, 0.2) is 66.7 Å². The van der Waals surface area contributed by atoms with Crippen molar-refractivity contribution in [3.05, 3.63) is 89.0 Å². The minimum absolute atomic E-state index is 0.304. The van der Waals surface area contributed by atoms with Crippen LogP contribution >= 0.6 is 0 Å². The maximum Gasteiger partial charge on any atom is 0.343 e. The Kier molecular flexibility index (Phi) is 6.51. The summed E-state index contributed by atoms with van der Waals surface area (Å²) >= 11 is 0. The van der Waals surface area contributed by atoms with E-state index < -0.39 is 5.97 Å². The highest BCUT2D eigenvalue weighted by Crippen LogP contribution is 2.32. The van der Waals surface area contributed by atoms with E-state index in [9.17, 15) is 10.1 Å². The number of hydrogen-bond donors (Lipinski definition) is 0. The first-order chi connectivity index (χ1) is 14.6. The zero-order valence-corrected chi connectivity index (χ0v) is 17.0. The fourth-order valence-electron chi connectivity index (χ4n) is 3.02. The van der Waals surface area contributed by atoms with Crippen LogP contribution in [0.1, 0.15) is 27.0 Å². The third-order valence-electron chi connectivity index (χ3n) is 4.58. The number of nitrogens with zero attached hydrogens (tertiary/aromatic N) is 1. The number of esters is 1. The minimum atomic E-state index is -0.457. The first-order valence-electron chi connectivity index (χ1n) is 9.28. The van der Waals surface area contributed by atoms with Crippen LogP contribution in [0.3, 0.4) is 0 Å². The van der Waals surface area contributed by atoms with Gasteiger partial charge in [0.15, 0.2) is 11.5 Å². The number of benzene rings is 3. The summed E-state index contributed by atoms with van der Waals surface area (Å²) in [5.74, 6) is 0.851. The van der Waals surface area contributed by atoms with Crippen molar-refractivity contribution in [1.29, 1.82) is 5.26 Å². The lowest BCUT2D eigenvalue weighted by Crippen LogP contribution is -2.10. The number of methoxy groups -OCH3 is 2. The van der Waals surface area contributed by atoms with Gasteiger partial charge in [-0.15, -0.1) is 0 Å². The van der Waals surface area contributed by atoms with Crippen LogP contribution < -0.4 is 14.2 Å². The zero-order chi connectivity index (χ0) is 21.5. The average Bonchev–Trinajstić information content (AvgIpc) is 2.78. The number of rotatable bonds is 6. The van der Waals surface area contributed by atoms with Crippen molar-refractivity contribution in [3.8, 4) is 23.3 Å². The number of carbonyl (C=O) groups excluding carboxylic acids is 1. The largest absolute Gasteiger partial charge is 0.496 e. The Hall–Kier alpha value is -4.04. The molecule has 0 unspecified atom stereocenters. The topological polar surface area (TPSA) is 68.6 Å². The van der Waals surface area contributed by atoms with Crippen molar-refractivity contribution >= 4 is 17.6 Å². The Bertz CT molecular complexity index is 1140. The Morgan fingerprint density at radius 3 is 2.20 bits per heavy atom. The van der Waals surface area contributed by atoms with Crippen molar-refractivity contribution in [1.82, 2.24) is 0 Å². The number of aryl methyl sites for hydroxylation is 1. The molecule has 0 atom stereocenters. The lowest BCUT2D eigenvalue weighted by atomic mass is 10.0. The SMILES string of the molecule is COc1cc(/C=C(/C#N)c2ccccc2OC)ccc1OC(=O)c1ccccc1C. The van der Waals surface area contributed by atoms with E-state index in [1.54, 1.807) is 49.6 Å². The maximum atomic E-state index is 12.5. The van der Waals surface area contributed by atoms with Crippen molar-refractivity contribution in [2.24, 2.45) is 0 Å². The van der Waals surface area contributed by atoms with Gasteiger partial charge in [0.1, 0.15) is 5.75 Å². The van der Waals surface area contributed by atoms with E-state index in [4.69, 9.17) is 14.2 Å². The van der Waals surface area contributed by atoms with Crippen LogP contribution in [0, 0.1) is 18.3 Å². The van der Waals surface area contributed by atoms with Crippen LogP contribution in [0.5, 0.6) is 17.2 Å². The van der Waals surface area contributed by atoms with Crippen molar-refractivity contribution < 1.29 is 19.0 Å². The molecule has 0 saturated carbocycles. The Balaban J connectivity index is 1.92. The summed E-state index contributed by atoms with van der Waals surface area (Å²) in [5, 5.41) is 9.64. The van der Waals surface area contributed by atoms with Crippen molar-refractivity contribution in [3.63, 3.8) is 0 Å². The molecule has 5 nitrogen and oxygen atoms in total. The van der Waals surface area contributed by atoms with Crippen LogP contribution in [-0.4, -0.2) is 20.2 Å². The van der Waals surface area contributed by atoms with Gasteiger partial charge in [0.05, 0.1) is 31.4 Å². The van der Waals surface area contributed by atoms with E-state index in [1.807, 2.05) is 37.3 Å². The molecule has 3 rings (SSSR count). The molecule has 0 aromatic heterocycles. The molecular weight excluding hydrogens is 378 g/mol. The molecular formula is C25H21NO4. The highest BCUT2D eigenvalue weighted by atomic mass is 16.6. The van der Waals surface area contributed by atoms with E-state index in [2.05, 4.69) is 6.07 Å². The molecule has 3 aromatic carbocycles. The second-order valence-corrected chi connectivity index (χ2v) is 6.48. The van der Waals surface area contributed by atoms with Gasteiger partial charge in [-0.25, -0.2) is 4.79 Å². The van der Waals surface area contributed by atoms with E-state index >= 15 is 0 Å². The lowest BCUT2D eigenvalue weighted by molar-refractivity contribution is 0.0729. The Morgan fingerprint density at radius 1 is 0.867 bits per heavy atom. The summed E-state index contributed by atoms with van der Waals surface area (Å²) in [4.78, 5) is 12.5. The number of para-hydroxylation sites is 1. The quantitative estimate of drug-likeness (QED) is 0.244. The first kappa shape index (κ1) is 20.7. The molecule has 0 aliphatic rings. The van der Waals surface area contributed by atoms with Gasteiger partial charge in [-0.05, 0) is 54.5 Å². The fourth-order valence-corrected chi connectivity index (χ4v) is 3.02. The highest BCUT2D eigenvalue weighted by molar-refractivity contribution is 5.93.